The Bertz CT molecular complexity index is 905. The number of nitrogens with zero attached hydrogens (tertiary/aromatic N) is 2. The van der Waals surface area contributed by atoms with Crippen LogP contribution in [0.2, 0.25) is 0 Å². The van der Waals surface area contributed by atoms with Gasteiger partial charge in [-0.15, -0.1) is 21.5 Å². The van der Waals surface area contributed by atoms with Crippen LogP contribution >= 0.6 is 11.3 Å². The number of hydrogen-bond acceptors (Lipinski definition) is 7. The molecule has 0 aliphatic heterocycles. The Labute approximate surface area is 160 Å². The van der Waals surface area contributed by atoms with E-state index in [1.165, 1.54) is 11.3 Å². The number of rotatable bonds is 9. The number of aromatic nitrogens is 2. The molecule has 1 aromatic carbocycles. The zero-order chi connectivity index (χ0) is 19.1. The second-order valence-corrected chi connectivity index (χ2v) is 6.71. The van der Waals surface area contributed by atoms with Gasteiger partial charge >= 0.3 is 0 Å². The molecule has 1 amide bonds. The monoisotopic (exact) mass is 385 g/mol. The van der Waals surface area contributed by atoms with Crippen molar-refractivity contribution >= 4 is 23.0 Å². The van der Waals surface area contributed by atoms with Crippen LogP contribution in [-0.2, 0) is 11.3 Å². The van der Waals surface area contributed by atoms with Crippen LogP contribution in [0.25, 0.3) is 11.5 Å². The molecule has 8 heteroatoms. The van der Waals surface area contributed by atoms with Crippen molar-refractivity contribution in [1.82, 2.24) is 15.5 Å². The molecule has 0 fully saturated rings. The maximum Gasteiger partial charge on any atom is 0.247 e. The summed E-state index contributed by atoms with van der Waals surface area (Å²) in [4.78, 5) is 24.5. The molecular weight excluding hydrogens is 366 g/mol. The zero-order valence-corrected chi connectivity index (χ0v) is 15.6. The fraction of sp³-hybridized carbons (Fsp3) is 0.263. The first-order valence-electron chi connectivity index (χ1n) is 8.46. The molecule has 3 aromatic rings. The number of thiophene rings is 1. The number of benzene rings is 1. The van der Waals surface area contributed by atoms with E-state index >= 15 is 0 Å². The van der Waals surface area contributed by atoms with Crippen LogP contribution in [0.4, 0.5) is 0 Å². The maximum absolute atomic E-state index is 11.9. The molecule has 0 radical (unpaired) electrons. The quantitative estimate of drug-likeness (QED) is 0.567. The van der Waals surface area contributed by atoms with Crippen molar-refractivity contribution in [2.75, 3.05) is 7.11 Å². The summed E-state index contributed by atoms with van der Waals surface area (Å²) in [6, 6.07) is 10.9. The second-order valence-electron chi connectivity index (χ2n) is 5.76. The first-order valence-corrected chi connectivity index (χ1v) is 9.34. The van der Waals surface area contributed by atoms with Crippen LogP contribution in [-0.4, -0.2) is 29.0 Å². The van der Waals surface area contributed by atoms with E-state index in [4.69, 9.17) is 9.15 Å². The van der Waals surface area contributed by atoms with Gasteiger partial charge in [-0.05, 0) is 36.1 Å². The molecule has 0 saturated carbocycles. The van der Waals surface area contributed by atoms with Crippen molar-refractivity contribution in [3.05, 3.63) is 52.5 Å². The number of methoxy groups -OCH3 is 1. The summed E-state index contributed by atoms with van der Waals surface area (Å²) in [6.07, 6.45) is 1.13. The van der Waals surface area contributed by atoms with Crippen LogP contribution in [0.15, 0.2) is 46.2 Å². The Morgan fingerprint density at radius 3 is 2.85 bits per heavy atom. The van der Waals surface area contributed by atoms with Crippen molar-refractivity contribution < 1.29 is 18.7 Å². The third-order valence-corrected chi connectivity index (χ3v) is 4.73. The van der Waals surface area contributed by atoms with E-state index in [1.807, 2.05) is 29.6 Å². The molecule has 7 nitrogen and oxygen atoms in total. The van der Waals surface area contributed by atoms with Gasteiger partial charge in [0.1, 0.15) is 5.75 Å². The molecule has 0 atom stereocenters. The summed E-state index contributed by atoms with van der Waals surface area (Å²) < 4.78 is 10.7. The third kappa shape index (κ3) is 5.24. The summed E-state index contributed by atoms with van der Waals surface area (Å²) in [6.45, 7) is 0.147. The van der Waals surface area contributed by atoms with Gasteiger partial charge in [0.05, 0.1) is 18.5 Å². The SMILES string of the molecule is COc1cccc(-c2nnc(CNC(=O)CCCC(=O)c3cccs3)o2)c1. The van der Waals surface area contributed by atoms with Crippen molar-refractivity contribution in [1.29, 1.82) is 0 Å². The molecular formula is C19H19N3O4S. The number of ketones is 1. The van der Waals surface area contributed by atoms with Crippen molar-refractivity contribution in [2.45, 2.75) is 25.8 Å². The van der Waals surface area contributed by atoms with Gasteiger partial charge < -0.3 is 14.5 Å². The molecule has 1 N–H and O–H groups in total. The first-order chi connectivity index (χ1) is 13.2. The minimum absolute atomic E-state index is 0.0673. The molecule has 0 aliphatic carbocycles. The van der Waals surface area contributed by atoms with Gasteiger partial charge in [0.25, 0.3) is 0 Å². The van der Waals surface area contributed by atoms with E-state index in [0.717, 1.165) is 10.4 Å². The number of ether oxygens (including phenoxy) is 1. The van der Waals surface area contributed by atoms with Gasteiger partial charge in [0, 0.05) is 18.4 Å². The molecule has 2 aromatic heterocycles. The van der Waals surface area contributed by atoms with Crippen molar-refractivity contribution in [3.8, 4) is 17.2 Å². The van der Waals surface area contributed by atoms with Crippen molar-refractivity contribution in [3.63, 3.8) is 0 Å². The third-order valence-electron chi connectivity index (χ3n) is 3.82. The molecule has 0 saturated heterocycles. The molecule has 2 heterocycles. The Hall–Kier alpha value is -3.00. The van der Waals surface area contributed by atoms with Crippen molar-refractivity contribution in [2.24, 2.45) is 0 Å². The lowest BCUT2D eigenvalue weighted by Gasteiger charge is -2.02. The van der Waals surface area contributed by atoms with Gasteiger partial charge in [-0.1, -0.05) is 12.1 Å². The predicted octanol–water partition coefficient (Wildman–Crippen LogP) is 3.48. The van der Waals surface area contributed by atoms with E-state index in [0.29, 0.717) is 30.4 Å². The van der Waals surface area contributed by atoms with Gasteiger partial charge in [0.15, 0.2) is 5.78 Å². The predicted molar refractivity (Wildman–Crippen MR) is 101 cm³/mol. The van der Waals surface area contributed by atoms with Crippen LogP contribution < -0.4 is 10.1 Å². The smallest absolute Gasteiger partial charge is 0.247 e. The number of nitrogens with one attached hydrogen (secondary N) is 1. The summed E-state index contributed by atoms with van der Waals surface area (Å²) in [5, 5.41) is 12.5. The Balaban J connectivity index is 1.44. The van der Waals surface area contributed by atoms with Crippen LogP contribution in [0.5, 0.6) is 5.75 Å². The molecule has 3 rings (SSSR count). The zero-order valence-electron chi connectivity index (χ0n) is 14.8. The largest absolute Gasteiger partial charge is 0.497 e. The van der Waals surface area contributed by atoms with Gasteiger partial charge in [-0.2, -0.15) is 0 Å². The fourth-order valence-corrected chi connectivity index (χ4v) is 3.12. The minimum atomic E-state index is -0.157. The number of carbonyl (C=O) groups excluding carboxylic acids is 2. The van der Waals surface area contributed by atoms with Crippen LogP contribution in [0, 0.1) is 0 Å². The number of hydrogen-bond donors (Lipinski definition) is 1. The summed E-state index contributed by atoms with van der Waals surface area (Å²) in [5.41, 5.74) is 0.742. The lowest BCUT2D eigenvalue weighted by atomic mass is 10.1. The van der Waals surface area contributed by atoms with E-state index in [9.17, 15) is 9.59 Å². The lowest BCUT2D eigenvalue weighted by molar-refractivity contribution is -0.121. The number of carbonyl (C=O) groups is 2. The van der Waals surface area contributed by atoms with E-state index in [2.05, 4.69) is 15.5 Å². The summed E-state index contributed by atoms with van der Waals surface area (Å²) in [5.74, 6) is 1.28. The fourth-order valence-electron chi connectivity index (χ4n) is 2.43. The van der Waals surface area contributed by atoms with Gasteiger partial charge in [-0.25, -0.2) is 0 Å². The Kier molecular flexibility index (Phi) is 6.32. The molecule has 0 aliphatic rings. The number of Topliss-reactive ketones (excluding diaryl/α,β-unsaturated/α-hetero) is 1. The Morgan fingerprint density at radius 2 is 2.07 bits per heavy atom. The summed E-state index contributed by atoms with van der Waals surface area (Å²) in [7, 11) is 1.59. The molecule has 140 valence electrons. The highest BCUT2D eigenvalue weighted by atomic mass is 32.1. The van der Waals surface area contributed by atoms with Crippen LogP contribution in [0.1, 0.15) is 34.8 Å². The normalized spacial score (nSPS) is 10.6. The highest BCUT2D eigenvalue weighted by Gasteiger charge is 2.12. The lowest BCUT2D eigenvalue weighted by Crippen LogP contribution is -2.22. The van der Waals surface area contributed by atoms with Gasteiger partial charge in [0.2, 0.25) is 17.7 Å². The molecule has 0 unspecified atom stereocenters. The average molecular weight is 385 g/mol. The highest BCUT2D eigenvalue weighted by Crippen LogP contribution is 2.22. The molecule has 0 spiro atoms. The van der Waals surface area contributed by atoms with Crippen LogP contribution in [0.3, 0.4) is 0 Å². The maximum atomic E-state index is 11.9. The topological polar surface area (TPSA) is 94.3 Å². The molecule has 27 heavy (non-hydrogen) atoms. The first kappa shape index (κ1) is 18.8. The minimum Gasteiger partial charge on any atom is -0.497 e. The second kappa shape index (κ2) is 9.09. The summed E-state index contributed by atoms with van der Waals surface area (Å²) >= 11 is 1.41. The Morgan fingerprint density at radius 1 is 1.19 bits per heavy atom. The van der Waals surface area contributed by atoms with E-state index in [1.54, 1.807) is 19.2 Å². The van der Waals surface area contributed by atoms with E-state index in [-0.39, 0.29) is 24.7 Å². The van der Waals surface area contributed by atoms with Gasteiger partial charge in [-0.3, -0.25) is 9.59 Å². The molecule has 0 bridgehead atoms. The standard InChI is InChI=1S/C19H19N3O4S/c1-25-14-6-2-5-13(11-14)19-22-21-18(26-19)12-20-17(24)9-3-7-15(23)16-8-4-10-27-16/h2,4-6,8,10-11H,3,7,9,12H2,1H3,(H,20,24). The highest BCUT2D eigenvalue weighted by molar-refractivity contribution is 7.12. The van der Waals surface area contributed by atoms with E-state index < -0.39 is 0 Å². The average Bonchev–Trinajstić information content (AvgIpc) is 3.38. The number of amides is 1.